The highest BCUT2D eigenvalue weighted by molar-refractivity contribution is 7.17. The summed E-state index contributed by atoms with van der Waals surface area (Å²) >= 11 is 1.19. The molecule has 0 bridgehead atoms. The third-order valence-corrected chi connectivity index (χ3v) is 6.64. The van der Waals surface area contributed by atoms with E-state index in [1.165, 1.54) is 23.5 Å². The lowest BCUT2D eigenvalue weighted by atomic mass is 9.98. The fraction of sp³-hybridized carbons (Fsp3) is 0.0357. The summed E-state index contributed by atoms with van der Waals surface area (Å²) in [6.07, 6.45) is 0. The molecule has 0 atom stereocenters. The Labute approximate surface area is 205 Å². The zero-order chi connectivity index (χ0) is 24.4. The standard InChI is InChI=1S/C28H18FN3O2S/c1-17-25(35-28(31-17)20-12-14-21(29)15-13-20)26(33)32-27-22(16-30)23(18-8-4-2-5-9-18)24(34-27)19-10-6-3-7-11-19/h2-15H,1H3,(H,32,33). The fourth-order valence-corrected chi connectivity index (χ4v) is 4.75. The number of anilines is 1. The van der Waals surface area contributed by atoms with Crippen molar-refractivity contribution < 1.29 is 13.6 Å². The van der Waals surface area contributed by atoms with Crippen molar-refractivity contribution in [1.82, 2.24) is 4.98 Å². The number of furan rings is 1. The van der Waals surface area contributed by atoms with Crippen molar-refractivity contribution in [3.8, 4) is 39.1 Å². The van der Waals surface area contributed by atoms with Crippen LogP contribution in [0.4, 0.5) is 10.3 Å². The number of amides is 1. The quantitative estimate of drug-likeness (QED) is 0.287. The minimum Gasteiger partial charge on any atom is -0.438 e. The van der Waals surface area contributed by atoms with Gasteiger partial charge in [-0.15, -0.1) is 11.3 Å². The van der Waals surface area contributed by atoms with E-state index in [0.29, 0.717) is 32.5 Å². The van der Waals surface area contributed by atoms with Crippen molar-refractivity contribution in [2.24, 2.45) is 0 Å². The van der Waals surface area contributed by atoms with Crippen LogP contribution >= 0.6 is 11.3 Å². The van der Waals surface area contributed by atoms with Gasteiger partial charge in [0.25, 0.3) is 5.91 Å². The van der Waals surface area contributed by atoms with Crippen molar-refractivity contribution in [2.45, 2.75) is 6.92 Å². The van der Waals surface area contributed by atoms with Crippen molar-refractivity contribution in [1.29, 1.82) is 5.26 Å². The van der Waals surface area contributed by atoms with Crippen LogP contribution in [0.2, 0.25) is 0 Å². The minimum atomic E-state index is -0.433. The first-order chi connectivity index (χ1) is 17.0. The van der Waals surface area contributed by atoms with E-state index in [4.69, 9.17) is 4.42 Å². The third-order valence-electron chi connectivity index (χ3n) is 5.44. The molecule has 3 aromatic carbocycles. The molecule has 0 unspecified atom stereocenters. The first-order valence-electron chi connectivity index (χ1n) is 10.8. The van der Waals surface area contributed by atoms with Gasteiger partial charge in [0.15, 0.2) is 0 Å². The van der Waals surface area contributed by atoms with Gasteiger partial charge >= 0.3 is 0 Å². The van der Waals surface area contributed by atoms with Gasteiger partial charge in [0.2, 0.25) is 5.88 Å². The third kappa shape index (κ3) is 4.35. The van der Waals surface area contributed by atoms with Crippen LogP contribution in [-0.2, 0) is 0 Å². The summed E-state index contributed by atoms with van der Waals surface area (Å²) in [5, 5.41) is 13.4. The van der Waals surface area contributed by atoms with Gasteiger partial charge in [-0.2, -0.15) is 5.26 Å². The molecule has 0 saturated heterocycles. The summed E-state index contributed by atoms with van der Waals surface area (Å²) in [4.78, 5) is 18.1. The molecule has 0 saturated carbocycles. The number of rotatable bonds is 5. The number of nitrogens with zero attached hydrogens (tertiary/aromatic N) is 2. The first kappa shape index (κ1) is 22.3. The van der Waals surface area contributed by atoms with Crippen molar-refractivity contribution in [3.63, 3.8) is 0 Å². The van der Waals surface area contributed by atoms with Crippen LogP contribution in [0.1, 0.15) is 20.9 Å². The molecule has 7 heteroatoms. The van der Waals surface area contributed by atoms with Gasteiger partial charge < -0.3 is 4.42 Å². The largest absolute Gasteiger partial charge is 0.438 e. The molecule has 5 aromatic rings. The minimum absolute atomic E-state index is 0.0753. The SMILES string of the molecule is Cc1nc(-c2ccc(F)cc2)sc1C(=O)Nc1oc(-c2ccccc2)c(-c2ccccc2)c1C#N. The summed E-state index contributed by atoms with van der Waals surface area (Å²) in [7, 11) is 0. The van der Waals surface area contributed by atoms with Crippen LogP contribution in [0.15, 0.2) is 89.3 Å². The predicted molar refractivity (Wildman–Crippen MR) is 134 cm³/mol. The summed E-state index contributed by atoms with van der Waals surface area (Å²) in [5.74, 6) is -0.203. The predicted octanol–water partition coefficient (Wildman–Crippen LogP) is 7.31. The lowest BCUT2D eigenvalue weighted by Gasteiger charge is -2.03. The molecule has 2 heterocycles. The van der Waals surface area contributed by atoms with Gasteiger partial charge in [0.05, 0.1) is 5.69 Å². The number of carbonyl (C=O) groups excluding carboxylic acids is 1. The van der Waals surface area contributed by atoms with Crippen LogP contribution in [0.25, 0.3) is 33.0 Å². The molecule has 0 radical (unpaired) electrons. The molecule has 170 valence electrons. The Morgan fingerprint density at radius 3 is 2.20 bits per heavy atom. The maximum atomic E-state index is 13.3. The Morgan fingerprint density at radius 2 is 1.57 bits per heavy atom. The van der Waals surface area contributed by atoms with E-state index >= 15 is 0 Å². The molecule has 0 spiro atoms. The molecule has 0 aliphatic carbocycles. The molecular weight excluding hydrogens is 461 g/mol. The summed E-state index contributed by atoms with van der Waals surface area (Å²) in [6, 6.07) is 27.0. The smallest absolute Gasteiger partial charge is 0.270 e. The van der Waals surface area contributed by atoms with Crippen LogP contribution in [0, 0.1) is 24.1 Å². The van der Waals surface area contributed by atoms with E-state index in [-0.39, 0.29) is 17.3 Å². The number of hydrogen-bond acceptors (Lipinski definition) is 5. The number of nitrogens with one attached hydrogen (secondary N) is 1. The average Bonchev–Trinajstić information content (AvgIpc) is 3.46. The number of nitriles is 1. The van der Waals surface area contributed by atoms with Crippen LogP contribution in [-0.4, -0.2) is 10.9 Å². The van der Waals surface area contributed by atoms with Gasteiger partial charge in [-0.3, -0.25) is 10.1 Å². The van der Waals surface area contributed by atoms with Gasteiger partial charge in [-0.05, 0) is 36.8 Å². The van der Waals surface area contributed by atoms with Gasteiger partial charge in [0.1, 0.15) is 33.1 Å². The lowest BCUT2D eigenvalue weighted by Crippen LogP contribution is -2.11. The maximum Gasteiger partial charge on any atom is 0.270 e. The Hall–Kier alpha value is -4.54. The highest BCUT2D eigenvalue weighted by atomic mass is 32.1. The van der Waals surface area contributed by atoms with Crippen LogP contribution in [0.3, 0.4) is 0 Å². The second kappa shape index (κ2) is 9.37. The molecule has 0 aliphatic heterocycles. The lowest BCUT2D eigenvalue weighted by molar-refractivity contribution is 0.102. The molecule has 2 aromatic heterocycles. The number of aryl methyl sites for hydroxylation is 1. The zero-order valence-corrected chi connectivity index (χ0v) is 19.4. The molecule has 0 fully saturated rings. The Balaban J connectivity index is 1.55. The summed E-state index contributed by atoms with van der Waals surface area (Å²) < 4.78 is 19.4. The number of thiazole rings is 1. The zero-order valence-electron chi connectivity index (χ0n) is 18.6. The number of aromatic nitrogens is 1. The van der Waals surface area contributed by atoms with E-state index in [1.54, 1.807) is 19.1 Å². The molecule has 1 amide bonds. The summed E-state index contributed by atoms with van der Waals surface area (Å²) in [5.41, 5.74) is 3.69. The first-order valence-corrected chi connectivity index (χ1v) is 11.6. The summed E-state index contributed by atoms with van der Waals surface area (Å²) in [6.45, 7) is 1.73. The maximum absolute atomic E-state index is 13.3. The Morgan fingerprint density at radius 1 is 0.943 bits per heavy atom. The second-order valence-electron chi connectivity index (χ2n) is 7.75. The highest BCUT2D eigenvalue weighted by Crippen LogP contribution is 2.41. The van der Waals surface area contributed by atoms with Crippen LogP contribution in [0.5, 0.6) is 0 Å². The highest BCUT2D eigenvalue weighted by Gasteiger charge is 2.26. The van der Waals surface area contributed by atoms with Crippen LogP contribution < -0.4 is 5.32 Å². The number of hydrogen-bond donors (Lipinski definition) is 1. The normalized spacial score (nSPS) is 10.7. The second-order valence-corrected chi connectivity index (χ2v) is 8.75. The molecule has 5 nitrogen and oxygen atoms in total. The average molecular weight is 480 g/mol. The van der Waals surface area contributed by atoms with Gasteiger partial charge in [0, 0.05) is 16.7 Å². The fourth-order valence-electron chi connectivity index (χ4n) is 3.78. The monoisotopic (exact) mass is 479 g/mol. The van der Waals surface area contributed by atoms with E-state index in [1.807, 2.05) is 60.7 Å². The molecular formula is C28H18FN3O2S. The Bertz CT molecular complexity index is 1550. The molecule has 1 N–H and O–H groups in total. The Kier molecular flexibility index (Phi) is 5.96. The van der Waals surface area contributed by atoms with Gasteiger partial charge in [-0.25, -0.2) is 9.37 Å². The molecule has 35 heavy (non-hydrogen) atoms. The van der Waals surface area contributed by atoms with E-state index in [0.717, 1.165) is 11.1 Å². The topological polar surface area (TPSA) is 78.9 Å². The van der Waals surface area contributed by atoms with Crippen molar-refractivity contribution >= 4 is 23.1 Å². The van der Waals surface area contributed by atoms with Crippen molar-refractivity contribution in [2.75, 3.05) is 5.32 Å². The molecule has 5 rings (SSSR count). The number of carbonyl (C=O) groups is 1. The number of benzene rings is 3. The van der Waals surface area contributed by atoms with Gasteiger partial charge in [-0.1, -0.05) is 60.7 Å². The molecule has 0 aliphatic rings. The van der Waals surface area contributed by atoms with E-state index < -0.39 is 5.91 Å². The van der Waals surface area contributed by atoms with Crippen molar-refractivity contribution in [3.05, 3.63) is 107 Å². The van der Waals surface area contributed by atoms with E-state index in [2.05, 4.69) is 16.4 Å². The number of halogens is 1. The van der Waals surface area contributed by atoms with E-state index in [9.17, 15) is 14.4 Å².